The molecule has 5 nitrogen and oxygen atoms in total. The molecule has 1 aromatic heterocycles. The molecule has 2 aliphatic heterocycles. The number of aromatic hydroxyl groups is 1. The Morgan fingerprint density at radius 3 is 2.85 bits per heavy atom. The number of phenolic OH excluding ortho intramolecular Hbond substituents is 1. The van der Waals surface area contributed by atoms with Gasteiger partial charge < -0.3 is 14.6 Å². The number of hydrogen-bond acceptors (Lipinski definition) is 6. The summed E-state index contributed by atoms with van der Waals surface area (Å²) < 4.78 is 11.9. The van der Waals surface area contributed by atoms with Gasteiger partial charge in [-0.05, 0) is 29.6 Å². The molecule has 3 heterocycles. The molecule has 6 heteroatoms. The molecular weight excluding hydrogens is 360 g/mol. The van der Waals surface area contributed by atoms with E-state index in [2.05, 4.69) is 12.1 Å². The fourth-order valence-corrected chi connectivity index (χ4v) is 4.47. The van der Waals surface area contributed by atoms with Gasteiger partial charge in [-0.3, -0.25) is 0 Å². The molecule has 2 atom stereocenters. The molecule has 0 unspecified atom stereocenters. The maximum atomic E-state index is 9.85. The number of hydrazone groups is 1. The first kappa shape index (κ1) is 16.2. The van der Waals surface area contributed by atoms with Crippen molar-refractivity contribution in [2.45, 2.75) is 18.7 Å². The smallest absolute Gasteiger partial charge is 0.223 e. The number of thiophene rings is 1. The molecule has 3 aromatic rings. The highest BCUT2D eigenvalue weighted by atomic mass is 32.1. The van der Waals surface area contributed by atoms with E-state index >= 15 is 0 Å². The van der Waals surface area contributed by atoms with Crippen LogP contribution in [0.5, 0.6) is 17.2 Å². The highest BCUT2D eigenvalue weighted by Gasteiger charge is 2.42. The van der Waals surface area contributed by atoms with Crippen molar-refractivity contribution in [2.24, 2.45) is 5.10 Å². The second-order valence-electron chi connectivity index (χ2n) is 6.56. The van der Waals surface area contributed by atoms with Crippen molar-refractivity contribution in [3.05, 3.63) is 76.0 Å². The number of fused-ring (bicyclic) bond motifs is 3. The monoisotopic (exact) mass is 378 g/mol. The largest absolute Gasteiger partial charge is 0.508 e. The zero-order valence-electron chi connectivity index (χ0n) is 14.7. The van der Waals surface area contributed by atoms with Crippen LogP contribution in [0.4, 0.5) is 0 Å². The Hall–Kier alpha value is -2.99. The summed E-state index contributed by atoms with van der Waals surface area (Å²) in [6.45, 7) is 0. The van der Waals surface area contributed by atoms with E-state index in [9.17, 15) is 5.11 Å². The molecule has 136 valence electrons. The van der Waals surface area contributed by atoms with E-state index < -0.39 is 0 Å². The summed E-state index contributed by atoms with van der Waals surface area (Å²) in [5, 5.41) is 18.8. The van der Waals surface area contributed by atoms with Gasteiger partial charge in [0.05, 0.1) is 23.7 Å². The molecule has 0 saturated heterocycles. The Bertz CT molecular complexity index is 1020. The number of phenols is 1. The Morgan fingerprint density at radius 1 is 1.19 bits per heavy atom. The lowest BCUT2D eigenvalue weighted by atomic mass is 9.96. The van der Waals surface area contributed by atoms with Crippen LogP contribution >= 0.6 is 11.3 Å². The minimum absolute atomic E-state index is 0.0632. The number of nitrogens with zero attached hydrogens (tertiary/aromatic N) is 2. The van der Waals surface area contributed by atoms with Gasteiger partial charge in [0.2, 0.25) is 6.23 Å². The first-order valence-electron chi connectivity index (χ1n) is 8.77. The van der Waals surface area contributed by atoms with Crippen LogP contribution in [-0.4, -0.2) is 22.9 Å². The van der Waals surface area contributed by atoms with Crippen molar-refractivity contribution in [2.75, 3.05) is 7.11 Å². The molecule has 0 amide bonds. The first-order chi connectivity index (χ1) is 13.2. The average molecular weight is 378 g/mol. The fraction of sp³-hybridized carbons (Fsp3) is 0.190. The standard InChI is InChI=1S/C21H18N2O3S/c1-25-18-8-3-7-15-17-12-16(13-5-2-6-14(24)11-13)22-23(17)21(26-20(15)18)19-9-4-10-27-19/h2-11,17,21,24H,12H2,1H3/t17-,21-/m1/s1. The number of ether oxygens (including phenoxy) is 2. The summed E-state index contributed by atoms with van der Waals surface area (Å²) >= 11 is 1.65. The van der Waals surface area contributed by atoms with E-state index in [0.29, 0.717) is 0 Å². The summed E-state index contributed by atoms with van der Waals surface area (Å²) in [5.41, 5.74) is 2.94. The maximum Gasteiger partial charge on any atom is 0.223 e. The van der Waals surface area contributed by atoms with Crippen LogP contribution in [0.1, 0.15) is 34.7 Å². The van der Waals surface area contributed by atoms with Crippen molar-refractivity contribution in [1.82, 2.24) is 5.01 Å². The molecule has 2 aliphatic rings. The van der Waals surface area contributed by atoms with E-state index in [4.69, 9.17) is 14.6 Å². The van der Waals surface area contributed by atoms with Gasteiger partial charge in [-0.15, -0.1) is 11.3 Å². The van der Waals surface area contributed by atoms with Crippen molar-refractivity contribution in [3.63, 3.8) is 0 Å². The second-order valence-corrected chi connectivity index (χ2v) is 7.54. The molecule has 0 fully saturated rings. The minimum Gasteiger partial charge on any atom is -0.508 e. The van der Waals surface area contributed by atoms with Crippen LogP contribution < -0.4 is 9.47 Å². The van der Waals surface area contributed by atoms with Gasteiger partial charge in [-0.25, -0.2) is 5.01 Å². The molecule has 0 aliphatic carbocycles. The van der Waals surface area contributed by atoms with Gasteiger partial charge >= 0.3 is 0 Å². The molecule has 1 N–H and O–H groups in total. The lowest BCUT2D eigenvalue weighted by Crippen LogP contribution is -2.33. The van der Waals surface area contributed by atoms with E-state index in [1.54, 1.807) is 30.6 Å². The van der Waals surface area contributed by atoms with Crippen molar-refractivity contribution in [3.8, 4) is 17.2 Å². The first-order valence-corrected chi connectivity index (χ1v) is 9.65. The van der Waals surface area contributed by atoms with Gasteiger partial charge in [-0.1, -0.05) is 30.3 Å². The third kappa shape index (κ3) is 2.64. The summed E-state index contributed by atoms with van der Waals surface area (Å²) in [7, 11) is 1.66. The predicted molar refractivity (Wildman–Crippen MR) is 105 cm³/mol. The van der Waals surface area contributed by atoms with Gasteiger partial charge in [0.1, 0.15) is 5.75 Å². The molecule has 0 saturated carbocycles. The van der Waals surface area contributed by atoms with Crippen LogP contribution in [0.2, 0.25) is 0 Å². The van der Waals surface area contributed by atoms with Crippen LogP contribution in [0, 0.1) is 0 Å². The quantitative estimate of drug-likeness (QED) is 0.717. The topological polar surface area (TPSA) is 54.3 Å². The van der Waals surface area contributed by atoms with Crippen LogP contribution in [-0.2, 0) is 0 Å². The number of benzene rings is 2. The van der Waals surface area contributed by atoms with Crippen molar-refractivity contribution >= 4 is 17.0 Å². The summed E-state index contributed by atoms with van der Waals surface area (Å²) in [6, 6.07) is 17.4. The Kier molecular flexibility index (Phi) is 3.79. The third-order valence-electron chi connectivity index (χ3n) is 4.97. The molecule has 0 bridgehead atoms. The van der Waals surface area contributed by atoms with Crippen molar-refractivity contribution < 1.29 is 14.6 Å². The van der Waals surface area contributed by atoms with Gasteiger partial charge in [0.15, 0.2) is 11.5 Å². The fourth-order valence-electron chi connectivity index (χ4n) is 3.72. The molecular formula is C21H18N2O3S. The van der Waals surface area contributed by atoms with Crippen LogP contribution in [0.25, 0.3) is 0 Å². The zero-order chi connectivity index (χ0) is 18.4. The predicted octanol–water partition coefficient (Wildman–Crippen LogP) is 4.70. The lowest BCUT2D eigenvalue weighted by Gasteiger charge is -2.38. The van der Waals surface area contributed by atoms with Gasteiger partial charge in [0, 0.05) is 17.5 Å². The molecule has 0 spiro atoms. The highest BCUT2D eigenvalue weighted by Crippen LogP contribution is 2.51. The normalized spacial score (nSPS) is 20.5. The Morgan fingerprint density at radius 2 is 2.07 bits per heavy atom. The molecule has 5 rings (SSSR count). The Balaban J connectivity index is 1.62. The van der Waals surface area contributed by atoms with E-state index in [0.717, 1.165) is 39.6 Å². The number of rotatable bonds is 3. The zero-order valence-corrected chi connectivity index (χ0v) is 15.5. The van der Waals surface area contributed by atoms with E-state index in [-0.39, 0.29) is 18.0 Å². The number of hydrogen-bond donors (Lipinski definition) is 1. The lowest BCUT2D eigenvalue weighted by molar-refractivity contribution is -0.0184. The second kappa shape index (κ2) is 6.32. The van der Waals surface area contributed by atoms with E-state index in [1.807, 2.05) is 40.7 Å². The van der Waals surface area contributed by atoms with Crippen LogP contribution in [0.15, 0.2) is 65.1 Å². The highest BCUT2D eigenvalue weighted by molar-refractivity contribution is 7.10. The maximum absolute atomic E-state index is 9.85. The molecule has 0 radical (unpaired) electrons. The van der Waals surface area contributed by atoms with Crippen LogP contribution in [0.3, 0.4) is 0 Å². The summed E-state index contributed by atoms with van der Waals surface area (Å²) in [6.07, 6.45) is 0.447. The number of methoxy groups -OCH3 is 1. The summed E-state index contributed by atoms with van der Waals surface area (Å²) in [5.74, 6) is 1.76. The number of para-hydroxylation sites is 1. The van der Waals surface area contributed by atoms with Gasteiger partial charge in [0.25, 0.3) is 0 Å². The average Bonchev–Trinajstić information content (AvgIpc) is 3.37. The SMILES string of the molecule is COc1cccc2c1O[C@H](c1cccs1)N1N=C(c3cccc(O)c3)C[C@H]21. The molecule has 27 heavy (non-hydrogen) atoms. The summed E-state index contributed by atoms with van der Waals surface area (Å²) in [4.78, 5) is 1.09. The third-order valence-corrected chi connectivity index (χ3v) is 5.87. The van der Waals surface area contributed by atoms with Crippen molar-refractivity contribution in [1.29, 1.82) is 0 Å². The Labute approximate surface area is 161 Å². The minimum atomic E-state index is -0.298. The molecule has 2 aromatic carbocycles. The van der Waals surface area contributed by atoms with E-state index in [1.165, 1.54) is 0 Å². The van der Waals surface area contributed by atoms with Gasteiger partial charge in [-0.2, -0.15) is 5.10 Å².